The molecule has 4 rings (SSSR count). The Kier molecular flexibility index (Phi) is 5.82. The van der Waals surface area contributed by atoms with Crippen molar-refractivity contribution < 1.29 is 14.1 Å². The SMILES string of the molecule is O=C(c1ccccc1[N+](=O)[O-])N1CCN(Cc2nc(-c3ccc(F)cc3)cs2)CC1. The van der Waals surface area contributed by atoms with Crippen molar-refractivity contribution in [2.24, 2.45) is 0 Å². The van der Waals surface area contributed by atoms with Gasteiger partial charge in [0.1, 0.15) is 16.4 Å². The maximum absolute atomic E-state index is 13.1. The topological polar surface area (TPSA) is 79.6 Å². The van der Waals surface area contributed by atoms with Crippen molar-refractivity contribution in [2.45, 2.75) is 6.54 Å². The minimum atomic E-state index is -0.523. The van der Waals surface area contributed by atoms with E-state index in [1.165, 1.54) is 24.3 Å². The first-order valence-corrected chi connectivity index (χ1v) is 10.3. The summed E-state index contributed by atoms with van der Waals surface area (Å²) in [5.41, 5.74) is 1.65. The third kappa shape index (κ3) is 4.37. The van der Waals surface area contributed by atoms with Crippen molar-refractivity contribution in [1.29, 1.82) is 0 Å². The lowest BCUT2D eigenvalue weighted by Crippen LogP contribution is -2.48. The molecule has 30 heavy (non-hydrogen) atoms. The highest BCUT2D eigenvalue weighted by atomic mass is 32.1. The van der Waals surface area contributed by atoms with Crippen LogP contribution in [0.3, 0.4) is 0 Å². The first kappa shape index (κ1) is 20.1. The summed E-state index contributed by atoms with van der Waals surface area (Å²) in [5.74, 6) is -0.586. The smallest absolute Gasteiger partial charge is 0.282 e. The van der Waals surface area contributed by atoms with Gasteiger partial charge in [0.25, 0.3) is 11.6 Å². The Morgan fingerprint density at radius 3 is 2.50 bits per heavy atom. The van der Waals surface area contributed by atoms with Crippen LogP contribution in [0.1, 0.15) is 15.4 Å². The minimum absolute atomic E-state index is 0.125. The molecular weight excluding hydrogens is 407 g/mol. The Hall–Kier alpha value is -3.17. The molecule has 0 bridgehead atoms. The summed E-state index contributed by atoms with van der Waals surface area (Å²) in [6, 6.07) is 12.3. The third-order valence-electron chi connectivity index (χ3n) is 5.04. The van der Waals surface area contributed by atoms with Crippen LogP contribution in [0, 0.1) is 15.9 Å². The van der Waals surface area contributed by atoms with E-state index < -0.39 is 4.92 Å². The Morgan fingerprint density at radius 1 is 1.10 bits per heavy atom. The highest BCUT2D eigenvalue weighted by molar-refractivity contribution is 7.09. The summed E-state index contributed by atoms with van der Waals surface area (Å²) in [6.45, 7) is 3.00. The molecule has 0 unspecified atom stereocenters. The molecule has 1 aromatic heterocycles. The van der Waals surface area contributed by atoms with Crippen LogP contribution in [0.2, 0.25) is 0 Å². The molecule has 1 aliphatic rings. The predicted molar refractivity (Wildman–Crippen MR) is 112 cm³/mol. The zero-order valence-corrected chi connectivity index (χ0v) is 16.8. The number of nitro benzene ring substituents is 1. The standard InChI is InChI=1S/C21H19FN4O3S/c22-16-7-5-15(6-8-16)18-14-30-20(23-18)13-24-9-11-25(12-10-24)21(27)17-3-1-2-4-19(17)26(28)29/h1-8,14H,9-13H2. The van der Waals surface area contributed by atoms with E-state index in [-0.39, 0.29) is 23.0 Å². The van der Waals surface area contributed by atoms with E-state index in [4.69, 9.17) is 0 Å². The predicted octanol–water partition coefficient (Wildman–Crippen LogP) is 3.82. The maximum Gasteiger partial charge on any atom is 0.282 e. The number of para-hydroxylation sites is 1. The van der Waals surface area contributed by atoms with Gasteiger partial charge in [-0.05, 0) is 30.3 Å². The van der Waals surface area contributed by atoms with Crippen LogP contribution in [0.4, 0.5) is 10.1 Å². The fourth-order valence-corrected chi connectivity index (χ4v) is 4.27. The number of rotatable bonds is 5. The quantitative estimate of drug-likeness (QED) is 0.458. The van der Waals surface area contributed by atoms with Gasteiger partial charge in [-0.25, -0.2) is 9.37 Å². The third-order valence-corrected chi connectivity index (χ3v) is 5.87. The number of nitrogens with zero attached hydrogens (tertiary/aromatic N) is 4. The van der Waals surface area contributed by atoms with Crippen molar-refractivity contribution in [3.8, 4) is 11.3 Å². The number of halogens is 1. The molecule has 1 fully saturated rings. The van der Waals surface area contributed by atoms with E-state index >= 15 is 0 Å². The number of nitro groups is 1. The van der Waals surface area contributed by atoms with Crippen LogP contribution in [-0.2, 0) is 6.54 Å². The normalized spacial score (nSPS) is 14.6. The summed E-state index contributed by atoms with van der Waals surface area (Å²) in [6.07, 6.45) is 0. The summed E-state index contributed by atoms with van der Waals surface area (Å²) in [4.78, 5) is 31.9. The number of hydrogen-bond donors (Lipinski definition) is 0. The molecule has 154 valence electrons. The van der Waals surface area contributed by atoms with Crippen molar-refractivity contribution in [3.63, 3.8) is 0 Å². The molecule has 1 amide bonds. The van der Waals surface area contributed by atoms with Gasteiger partial charge in [-0.3, -0.25) is 19.8 Å². The fraction of sp³-hybridized carbons (Fsp3) is 0.238. The van der Waals surface area contributed by atoms with E-state index in [2.05, 4.69) is 9.88 Å². The maximum atomic E-state index is 13.1. The van der Waals surface area contributed by atoms with Crippen LogP contribution in [0.15, 0.2) is 53.9 Å². The molecule has 0 N–H and O–H groups in total. The molecule has 1 saturated heterocycles. The van der Waals surface area contributed by atoms with E-state index in [1.807, 2.05) is 5.38 Å². The Bertz CT molecular complexity index is 1060. The van der Waals surface area contributed by atoms with Crippen LogP contribution in [0.25, 0.3) is 11.3 Å². The average Bonchev–Trinajstić information content (AvgIpc) is 3.22. The molecule has 3 aromatic rings. The number of hydrogen-bond acceptors (Lipinski definition) is 6. The van der Waals surface area contributed by atoms with Gasteiger partial charge >= 0.3 is 0 Å². The number of piperazine rings is 1. The minimum Gasteiger partial charge on any atom is -0.336 e. The largest absolute Gasteiger partial charge is 0.336 e. The first-order valence-electron chi connectivity index (χ1n) is 9.46. The van der Waals surface area contributed by atoms with E-state index in [0.717, 1.165) is 16.3 Å². The second kappa shape index (κ2) is 8.68. The molecule has 2 heterocycles. The molecule has 9 heteroatoms. The fourth-order valence-electron chi connectivity index (χ4n) is 3.42. The summed E-state index contributed by atoms with van der Waals surface area (Å²) in [7, 11) is 0. The Morgan fingerprint density at radius 2 is 1.80 bits per heavy atom. The van der Waals surface area contributed by atoms with Gasteiger partial charge < -0.3 is 4.90 Å². The Labute approximate surface area is 176 Å². The van der Waals surface area contributed by atoms with Crippen molar-refractivity contribution in [1.82, 2.24) is 14.8 Å². The highest BCUT2D eigenvalue weighted by Crippen LogP contribution is 2.24. The van der Waals surface area contributed by atoms with Gasteiger partial charge in [0.2, 0.25) is 0 Å². The lowest BCUT2D eigenvalue weighted by molar-refractivity contribution is -0.385. The summed E-state index contributed by atoms with van der Waals surface area (Å²) < 4.78 is 13.1. The number of benzene rings is 2. The van der Waals surface area contributed by atoms with Gasteiger partial charge in [-0.15, -0.1) is 11.3 Å². The molecule has 0 aliphatic carbocycles. The van der Waals surface area contributed by atoms with Crippen LogP contribution in [-0.4, -0.2) is 51.8 Å². The molecule has 0 atom stereocenters. The molecular formula is C21H19FN4O3S. The zero-order valence-electron chi connectivity index (χ0n) is 16.0. The number of carbonyl (C=O) groups is 1. The molecule has 7 nitrogen and oxygen atoms in total. The van der Waals surface area contributed by atoms with Crippen molar-refractivity contribution in [2.75, 3.05) is 26.2 Å². The molecule has 0 radical (unpaired) electrons. The van der Waals surface area contributed by atoms with Crippen LogP contribution in [0.5, 0.6) is 0 Å². The van der Waals surface area contributed by atoms with Gasteiger partial charge in [0.05, 0.1) is 17.2 Å². The Balaban J connectivity index is 1.36. The summed E-state index contributed by atoms with van der Waals surface area (Å²) >= 11 is 1.55. The van der Waals surface area contributed by atoms with Gasteiger partial charge in [0.15, 0.2) is 0 Å². The first-order chi connectivity index (χ1) is 14.5. The monoisotopic (exact) mass is 426 g/mol. The second-order valence-corrected chi connectivity index (χ2v) is 7.92. The van der Waals surface area contributed by atoms with Crippen molar-refractivity contribution in [3.05, 3.63) is 80.4 Å². The lowest BCUT2D eigenvalue weighted by atomic mass is 10.1. The number of carbonyl (C=O) groups excluding carboxylic acids is 1. The zero-order chi connectivity index (χ0) is 21.1. The number of aromatic nitrogens is 1. The van der Waals surface area contributed by atoms with Gasteiger partial charge in [0, 0.05) is 43.2 Å². The van der Waals surface area contributed by atoms with Crippen molar-refractivity contribution >= 4 is 22.9 Å². The van der Waals surface area contributed by atoms with Crippen LogP contribution >= 0.6 is 11.3 Å². The highest BCUT2D eigenvalue weighted by Gasteiger charge is 2.27. The molecule has 1 aliphatic heterocycles. The number of thiazole rings is 1. The van der Waals surface area contributed by atoms with E-state index in [0.29, 0.717) is 32.7 Å². The van der Waals surface area contributed by atoms with E-state index in [1.54, 1.807) is 40.5 Å². The van der Waals surface area contributed by atoms with Gasteiger partial charge in [-0.1, -0.05) is 12.1 Å². The average molecular weight is 426 g/mol. The van der Waals surface area contributed by atoms with Crippen LogP contribution < -0.4 is 0 Å². The second-order valence-electron chi connectivity index (χ2n) is 6.98. The molecule has 0 spiro atoms. The molecule has 2 aromatic carbocycles. The molecule has 0 saturated carbocycles. The number of amides is 1. The summed E-state index contributed by atoms with van der Waals surface area (Å²) in [5, 5.41) is 14.1. The van der Waals surface area contributed by atoms with Gasteiger partial charge in [-0.2, -0.15) is 0 Å². The lowest BCUT2D eigenvalue weighted by Gasteiger charge is -2.34. The van der Waals surface area contributed by atoms with E-state index in [9.17, 15) is 19.3 Å².